The highest BCUT2D eigenvalue weighted by molar-refractivity contribution is 6.08. The summed E-state index contributed by atoms with van der Waals surface area (Å²) < 4.78 is 5.71. The molecule has 0 bridgehead atoms. The van der Waals surface area contributed by atoms with E-state index in [0.29, 0.717) is 61.0 Å². The predicted molar refractivity (Wildman–Crippen MR) is 286 cm³/mol. The van der Waals surface area contributed by atoms with Crippen molar-refractivity contribution in [3.63, 3.8) is 0 Å². The van der Waals surface area contributed by atoms with Gasteiger partial charge in [-0.15, -0.1) is 0 Å². The van der Waals surface area contributed by atoms with Gasteiger partial charge in [-0.05, 0) is 118 Å². The molecule has 9 rings (SSSR count). The lowest BCUT2D eigenvalue weighted by atomic mass is 9.73. The number of aromatic amines is 1. The van der Waals surface area contributed by atoms with Crippen LogP contribution in [0.5, 0.6) is 0 Å². The van der Waals surface area contributed by atoms with E-state index in [2.05, 4.69) is 77.8 Å². The summed E-state index contributed by atoms with van der Waals surface area (Å²) in [4.78, 5) is 105. The SMILES string of the molecule is CCN(c1cc(-c2ccc(CN3CCN(CC(=O)N4CC5(CN(CCNc6cccc(C(=O)N(C=O)C7CCC(=O)NC7=O)c6C)C5)C4)CC3)cc2)cc(C(=O)NCc2c(C)cc(C)[nH]c2=O)c1C)C1CCOCC1. The van der Waals surface area contributed by atoms with E-state index in [1.807, 2.05) is 43.9 Å². The van der Waals surface area contributed by atoms with E-state index in [9.17, 15) is 33.6 Å². The van der Waals surface area contributed by atoms with Crippen molar-refractivity contribution >= 4 is 47.3 Å². The van der Waals surface area contributed by atoms with Crippen molar-refractivity contribution in [2.24, 2.45) is 5.41 Å². The Morgan fingerprint density at radius 3 is 2.23 bits per heavy atom. The molecule has 6 heterocycles. The van der Waals surface area contributed by atoms with Crippen LogP contribution in [-0.4, -0.2) is 169 Å². The molecule has 5 aliphatic rings. The summed E-state index contributed by atoms with van der Waals surface area (Å²) in [6.07, 6.45) is 2.36. The van der Waals surface area contributed by atoms with E-state index >= 15 is 0 Å². The summed E-state index contributed by atoms with van der Waals surface area (Å²) in [6, 6.07) is 19.3. The molecule has 3 aromatic carbocycles. The number of piperidine rings is 1. The van der Waals surface area contributed by atoms with Gasteiger partial charge in [-0.3, -0.25) is 53.6 Å². The summed E-state index contributed by atoms with van der Waals surface area (Å²) in [7, 11) is 0. The first-order valence-corrected chi connectivity index (χ1v) is 26.6. The fourth-order valence-corrected chi connectivity index (χ4v) is 11.8. The summed E-state index contributed by atoms with van der Waals surface area (Å²) in [5.74, 6) is -1.68. The van der Waals surface area contributed by atoms with Crippen molar-refractivity contribution in [1.82, 2.24) is 40.1 Å². The number of rotatable bonds is 18. The Balaban J connectivity index is 0.726. The largest absolute Gasteiger partial charge is 0.384 e. The van der Waals surface area contributed by atoms with Gasteiger partial charge in [0.25, 0.3) is 17.4 Å². The van der Waals surface area contributed by atoms with Gasteiger partial charge in [0.05, 0.1) is 6.54 Å². The smallest absolute Gasteiger partial charge is 0.261 e. The third-order valence-corrected chi connectivity index (χ3v) is 16.1. The number of carbonyl (C=O) groups excluding carboxylic acids is 6. The standard InChI is InChI=1S/C57H72N10O8/c1-6-66(44-16-24-75-25-17-44)50-28-43(27-46(40(50)5)53(71)59-29-47-37(2)26-38(3)60-54(47)72)42-12-10-41(11-13-42)30-62-20-22-63(23-21-62)31-52(70)65-34-57(35-65)32-64(33-57)19-18-58-48-9-7-8-45(39(48)4)56(74)67(36-68)49-14-15-51(69)61-55(49)73/h7-13,26-28,36,44,49,58H,6,14-25,29-35H2,1-5H3,(H,59,71)(H,60,72)(H,61,69,73). The molecule has 4 N–H and O–H groups in total. The highest BCUT2D eigenvalue weighted by atomic mass is 16.5. The van der Waals surface area contributed by atoms with Crippen LogP contribution in [0.2, 0.25) is 0 Å². The average molecular weight is 1030 g/mol. The number of aryl methyl sites for hydroxylation is 2. The minimum atomic E-state index is -1.03. The van der Waals surface area contributed by atoms with Crippen LogP contribution in [0.15, 0.2) is 65.5 Å². The zero-order valence-electron chi connectivity index (χ0n) is 44.1. The topological polar surface area (TPSA) is 200 Å². The van der Waals surface area contributed by atoms with Crippen LogP contribution in [0.3, 0.4) is 0 Å². The maximum Gasteiger partial charge on any atom is 0.261 e. The Labute approximate surface area is 439 Å². The van der Waals surface area contributed by atoms with Gasteiger partial charge in [-0.25, -0.2) is 0 Å². The number of ether oxygens (including phenoxy) is 1. The van der Waals surface area contributed by atoms with Gasteiger partial charge in [-0.2, -0.15) is 0 Å². The van der Waals surface area contributed by atoms with Crippen LogP contribution in [0.25, 0.3) is 11.1 Å². The van der Waals surface area contributed by atoms with Crippen molar-refractivity contribution in [1.29, 1.82) is 0 Å². The highest BCUT2D eigenvalue weighted by Gasteiger charge is 2.52. The lowest BCUT2D eigenvalue weighted by molar-refractivity contribution is -0.160. The molecule has 398 valence electrons. The van der Waals surface area contributed by atoms with Gasteiger partial charge in [0.15, 0.2) is 0 Å². The van der Waals surface area contributed by atoms with Gasteiger partial charge in [0.2, 0.25) is 24.1 Å². The second kappa shape index (κ2) is 23.0. The lowest BCUT2D eigenvalue weighted by Crippen LogP contribution is -2.73. The number of carbonyl (C=O) groups is 6. The molecular weight excluding hydrogens is 953 g/mol. The molecule has 4 aromatic rings. The number of nitrogens with one attached hydrogen (secondary N) is 4. The monoisotopic (exact) mass is 1020 g/mol. The van der Waals surface area contributed by atoms with Gasteiger partial charge < -0.3 is 35.1 Å². The Morgan fingerprint density at radius 1 is 0.827 bits per heavy atom. The molecule has 18 nitrogen and oxygen atoms in total. The van der Waals surface area contributed by atoms with Crippen LogP contribution < -0.4 is 26.4 Å². The number of pyridine rings is 1. The second-order valence-electron chi connectivity index (χ2n) is 21.3. The normalized spacial score (nSPS) is 19.2. The number of hydrogen-bond donors (Lipinski definition) is 4. The van der Waals surface area contributed by atoms with Crippen molar-refractivity contribution in [3.8, 4) is 11.1 Å². The maximum atomic E-state index is 14.0. The molecule has 1 aromatic heterocycles. The first-order chi connectivity index (χ1) is 36.1. The molecule has 5 fully saturated rings. The second-order valence-corrected chi connectivity index (χ2v) is 21.3. The summed E-state index contributed by atoms with van der Waals surface area (Å²) in [5, 5.41) is 8.70. The fraction of sp³-hybridized carbons (Fsp3) is 0.491. The number of anilines is 2. The Bertz CT molecular complexity index is 2860. The zero-order chi connectivity index (χ0) is 53.0. The summed E-state index contributed by atoms with van der Waals surface area (Å²) in [6.45, 7) is 21.5. The van der Waals surface area contributed by atoms with Crippen molar-refractivity contribution < 1.29 is 33.5 Å². The van der Waals surface area contributed by atoms with Gasteiger partial charge in [-0.1, -0.05) is 30.3 Å². The van der Waals surface area contributed by atoms with Crippen molar-refractivity contribution in [2.75, 3.05) is 102 Å². The molecule has 1 spiro atoms. The molecule has 5 saturated heterocycles. The lowest BCUT2D eigenvalue weighted by Gasteiger charge is -2.60. The van der Waals surface area contributed by atoms with Gasteiger partial charge in [0.1, 0.15) is 6.04 Å². The first-order valence-electron chi connectivity index (χ1n) is 26.6. The highest BCUT2D eigenvalue weighted by Crippen LogP contribution is 2.40. The summed E-state index contributed by atoms with van der Waals surface area (Å²) in [5.41, 5.74) is 9.61. The average Bonchev–Trinajstić information content (AvgIpc) is 3.37. The van der Waals surface area contributed by atoms with Crippen LogP contribution in [0.1, 0.15) is 86.8 Å². The molecule has 0 aliphatic carbocycles. The van der Waals surface area contributed by atoms with E-state index in [0.717, 1.165) is 129 Å². The third-order valence-electron chi connectivity index (χ3n) is 16.1. The van der Waals surface area contributed by atoms with E-state index < -0.39 is 23.8 Å². The molecule has 75 heavy (non-hydrogen) atoms. The number of nitrogens with zero attached hydrogens (tertiary/aromatic N) is 6. The van der Waals surface area contributed by atoms with Crippen LogP contribution >= 0.6 is 0 Å². The van der Waals surface area contributed by atoms with Crippen molar-refractivity contribution in [3.05, 3.63) is 116 Å². The van der Waals surface area contributed by atoms with Crippen LogP contribution in [-0.2, 0) is 37.0 Å². The molecule has 5 aliphatic heterocycles. The molecule has 0 radical (unpaired) electrons. The number of likely N-dealkylation sites (tertiary alicyclic amines) is 2. The van der Waals surface area contributed by atoms with Crippen LogP contribution in [0, 0.1) is 33.1 Å². The number of piperazine rings is 1. The Morgan fingerprint density at radius 2 is 1.55 bits per heavy atom. The van der Waals surface area contributed by atoms with Gasteiger partial charge in [0, 0.05) is 150 Å². The van der Waals surface area contributed by atoms with E-state index in [-0.39, 0.29) is 42.2 Å². The Kier molecular flexibility index (Phi) is 16.3. The van der Waals surface area contributed by atoms with E-state index in [1.54, 1.807) is 19.1 Å². The molecular formula is C57H72N10O8. The van der Waals surface area contributed by atoms with E-state index in [4.69, 9.17) is 4.74 Å². The number of amides is 6. The summed E-state index contributed by atoms with van der Waals surface area (Å²) >= 11 is 0. The minimum absolute atomic E-state index is 0.0600. The van der Waals surface area contributed by atoms with Crippen molar-refractivity contribution in [2.45, 2.75) is 85.5 Å². The molecule has 0 saturated carbocycles. The van der Waals surface area contributed by atoms with E-state index in [1.165, 1.54) is 5.56 Å². The molecule has 18 heteroatoms. The number of aromatic nitrogens is 1. The minimum Gasteiger partial charge on any atom is -0.384 e. The number of imide groups is 2. The first kappa shape index (κ1) is 53.1. The number of hydrogen-bond acceptors (Lipinski definition) is 13. The van der Waals surface area contributed by atoms with Crippen LogP contribution in [0.4, 0.5) is 11.4 Å². The molecule has 6 amide bonds. The van der Waals surface area contributed by atoms with Gasteiger partial charge >= 0.3 is 0 Å². The Hall–Kier alpha value is -6.73. The number of H-pyrrole nitrogens is 1. The predicted octanol–water partition coefficient (Wildman–Crippen LogP) is 3.99. The quantitative estimate of drug-likeness (QED) is 0.0826. The number of benzene rings is 3. The molecule has 1 unspecified atom stereocenters. The zero-order valence-corrected chi connectivity index (χ0v) is 44.1. The fourth-order valence-electron chi connectivity index (χ4n) is 11.8. The third kappa shape index (κ3) is 11.9. The maximum absolute atomic E-state index is 14.0. The molecule has 1 atom stereocenters.